The molecule has 0 spiro atoms. The largest absolute Gasteiger partial charge is 0.477 e. The minimum atomic E-state index is -4.04. The van der Waals surface area contributed by atoms with Crippen LogP contribution in [0.25, 0.3) is 0 Å². The van der Waals surface area contributed by atoms with Crippen LogP contribution < -0.4 is 0 Å². The average molecular weight is 302 g/mol. The van der Waals surface area contributed by atoms with Crippen molar-refractivity contribution in [1.29, 1.82) is 0 Å². The Kier molecular flexibility index (Phi) is 3.26. The van der Waals surface area contributed by atoms with Gasteiger partial charge in [0.25, 0.3) is 0 Å². The highest BCUT2D eigenvalue weighted by atomic mass is 19.3. The molecular formula is C15H20F2O4. The quantitative estimate of drug-likeness (QED) is 0.811. The number of hydrogen-bond acceptors (Lipinski definition) is 3. The zero-order valence-electron chi connectivity index (χ0n) is 12.0. The zero-order valence-corrected chi connectivity index (χ0v) is 12.0. The lowest BCUT2D eigenvalue weighted by Crippen LogP contribution is -2.52. The molecule has 118 valence electrons. The Morgan fingerprint density at radius 1 is 1.14 bits per heavy atom. The lowest BCUT2D eigenvalue weighted by atomic mass is 9.49. The van der Waals surface area contributed by atoms with E-state index < -0.39 is 29.4 Å². The summed E-state index contributed by atoms with van der Waals surface area (Å²) in [5.74, 6) is -5.42. The van der Waals surface area contributed by atoms with Gasteiger partial charge in [0.15, 0.2) is 6.10 Å². The highest BCUT2D eigenvalue weighted by Crippen LogP contribution is 2.60. The maximum Gasteiger partial charge on any atom is 0.378 e. The fourth-order valence-electron chi connectivity index (χ4n) is 4.89. The fraction of sp³-hybridized carbons (Fsp3) is 0.867. The molecule has 0 aromatic carbocycles. The van der Waals surface area contributed by atoms with Gasteiger partial charge >= 0.3 is 17.9 Å². The molecule has 1 atom stereocenters. The molecule has 4 aliphatic carbocycles. The van der Waals surface area contributed by atoms with Crippen LogP contribution in [0, 0.1) is 23.2 Å². The van der Waals surface area contributed by atoms with Gasteiger partial charge in [-0.15, -0.1) is 0 Å². The standard InChI is InChI=1S/C15H20F2O4/c1-8(15(16,17)12(18)19)21-13(20)14-5-9-2-10(6-14)4-11(3-9)7-14/h8-11H,2-7H2,1H3,(H,18,19). The molecule has 4 rings (SSSR count). The summed E-state index contributed by atoms with van der Waals surface area (Å²) >= 11 is 0. The van der Waals surface area contributed by atoms with Gasteiger partial charge in [-0.25, -0.2) is 4.79 Å². The average Bonchev–Trinajstić information content (AvgIpc) is 2.36. The van der Waals surface area contributed by atoms with Gasteiger partial charge in [0.05, 0.1) is 5.41 Å². The number of carbonyl (C=O) groups is 2. The summed E-state index contributed by atoms with van der Waals surface area (Å²) in [6, 6.07) is 0. The summed E-state index contributed by atoms with van der Waals surface area (Å²) < 4.78 is 31.7. The van der Waals surface area contributed by atoms with Crippen LogP contribution in [0.2, 0.25) is 0 Å². The summed E-state index contributed by atoms with van der Waals surface area (Å²) in [4.78, 5) is 23.0. The Labute approximate surface area is 121 Å². The van der Waals surface area contributed by atoms with Gasteiger partial charge in [-0.2, -0.15) is 8.78 Å². The normalized spacial score (nSPS) is 39.1. The van der Waals surface area contributed by atoms with Crippen LogP contribution in [-0.4, -0.2) is 29.1 Å². The van der Waals surface area contributed by atoms with Crippen molar-refractivity contribution >= 4 is 11.9 Å². The zero-order chi connectivity index (χ0) is 15.4. The lowest BCUT2D eigenvalue weighted by Gasteiger charge is -2.55. The first-order chi connectivity index (χ1) is 9.73. The van der Waals surface area contributed by atoms with Crippen LogP contribution in [0.15, 0.2) is 0 Å². The Hall–Kier alpha value is -1.20. The van der Waals surface area contributed by atoms with E-state index in [4.69, 9.17) is 9.84 Å². The summed E-state index contributed by atoms with van der Waals surface area (Å²) in [5, 5.41) is 8.52. The van der Waals surface area contributed by atoms with Gasteiger partial charge in [0.1, 0.15) is 0 Å². The molecule has 6 heteroatoms. The molecule has 0 radical (unpaired) electrons. The highest BCUT2D eigenvalue weighted by molar-refractivity contribution is 5.80. The third-order valence-electron chi connectivity index (χ3n) is 5.55. The van der Waals surface area contributed by atoms with Crippen molar-refractivity contribution in [3.8, 4) is 0 Å². The Bertz CT molecular complexity index is 439. The predicted octanol–water partition coefficient (Wildman–Crippen LogP) is 2.85. The number of carbonyl (C=O) groups excluding carboxylic acids is 1. The third kappa shape index (κ3) is 2.32. The molecule has 4 aliphatic rings. The van der Waals surface area contributed by atoms with E-state index in [0.29, 0.717) is 37.0 Å². The second-order valence-corrected chi connectivity index (χ2v) is 7.17. The molecule has 0 amide bonds. The van der Waals surface area contributed by atoms with E-state index in [1.54, 1.807) is 0 Å². The van der Waals surface area contributed by atoms with Crippen molar-refractivity contribution in [3.63, 3.8) is 0 Å². The third-order valence-corrected chi connectivity index (χ3v) is 5.55. The van der Waals surface area contributed by atoms with Gasteiger partial charge in [-0.05, 0) is 63.2 Å². The summed E-state index contributed by atoms with van der Waals surface area (Å²) in [7, 11) is 0. The van der Waals surface area contributed by atoms with Crippen LogP contribution in [0.3, 0.4) is 0 Å². The Balaban J connectivity index is 1.72. The SMILES string of the molecule is CC(OC(=O)C12CC3CC(CC(C3)C1)C2)C(F)(F)C(=O)O. The fourth-order valence-corrected chi connectivity index (χ4v) is 4.89. The number of ether oxygens (including phenoxy) is 1. The van der Waals surface area contributed by atoms with Crippen LogP contribution in [0.4, 0.5) is 8.78 Å². The second-order valence-electron chi connectivity index (χ2n) is 7.17. The van der Waals surface area contributed by atoms with E-state index in [1.807, 2.05) is 0 Å². The first kappa shape index (κ1) is 14.7. The van der Waals surface area contributed by atoms with E-state index in [2.05, 4.69) is 0 Å². The van der Waals surface area contributed by atoms with Gasteiger partial charge in [0.2, 0.25) is 0 Å². The molecule has 4 nitrogen and oxygen atoms in total. The van der Waals surface area contributed by atoms with Gasteiger partial charge < -0.3 is 9.84 Å². The van der Waals surface area contributed by atoms with Crippen LogP contribution >= 0.6 is 0 Å². The van der Waals surface area contributed by atoms with Crippen molar-refractivity contribution in [2.75, 3.05) is 0 Å². The number of carboxylic acids is 1. The number of carboxylic acid groups (broad SMARTS) is 1. The molecule has 1 unspecified atom stereocenters. The van der Waals surface area contributed by atoms with E-state index in [1.165, 1.54) is 0 Å². The van der Waals surface area contributed by atoms with E-state index in [-0.39, 0.29) is 0 Å². The molecule has 4 saturated carbocycles. The molecule has 0 aromatic heterocycles. The molecule has 0 aliphatic heterocycles. The van der Waals surface area contributed by atoms with E-state index in [0.717, 1.165) is 26.2 Å². The van der Waals surface area contributed by atoms with Crippen LogP contribution in [0.5, 0.6) is 0 Å². The number of halogens is 2. The Morgan fingerprint density at radius 3 is 1.95 bits per heavy atom. The van der Waals surface area contributed by atoms with Gasteiger partial charge in [0, 0.05) is 0 Å². The maximum atomic E-state index is 13.4. The minimum absolute atomic E-state index is 0.499. The second kappa shape index (κ2) is 4.65. The number of rotatable bonds is 4. The molecule has 0 heterocycles. The van der Waals surface area contributed by atoms with Crippen LogP contribution in [0.1, 0.15) is 45.4 Å². The molecular weight excluding hydrogens is 282 g/mol. The molecule has 4 bridgehead atoms. The number of alkyl halides is 2. The Morgan fingerprint density at radius 2 is 1.57 bits per heavy atom. The smallest absolute Gasteiger partial charge is 0.378 e. The predicted molar refractivity (Wildman–Crippen MR) is 68.7 cm³/mol. The molecule has 21 heavy (non-hydrogen) atoms. The van der Waals surface area contributed by atoms with E-state index >= 15 is 0 Å². The first-order valence-corrected chi connectivity index (χ1v) is 7.55. The number of aliphatic carboxylic acids is 1. The van der Waals surface area contributed by atoms with Crippen molar-refractivity contribution in [2.45, 2.75) is 57.5 Å². The summed E-state index contributed by atoms with van der Waals surface area (Å²) in [5.41, 5.74) is -0.641. The summed E-state index contributed by atoms with van der Waals surface area (Å²) in [6.07, 6.45) is 3.60. The molecule has 0 saturated heterocycles. The highest BCUT2D eigenvalue weighted by Gasteiger charge is 2.57. The van der Waals surface area contributed by atoms with Crippen molar-refractivity contribution in [1.82, 2.24) is 0 Å². The number of hydrogen-bond donors (Lipinski definition) is 1. The maximum absolute atomic E-state index is 13.4. The molecule has 0 aromatic rings. The van der Waals surface area contributed by atoms with E-state index in [9.17, 15) is 18.4 Å². The van der Waals surface area contributed by atoms with Crippen molar-refractivity contribution < 1.29 is 28.2 Å². The summed E-state index contributed by atoms with van der Waals surface area (Å²) in [6.45, 7) is 0.951. The van der Waals surface area contributed by atoms with Crippen molar-refractivity contribution in [3.05, 3.63) is 0 Å². The first-order valence-electron chi connectivity index (χ1n) is 7.55. The minimum Gasteiger partial charge on any atom is -0.477 e. The molecule has 1 N–H and O–H groups in total. The van der Waals surface area contributed by atoms with Gasteiger partial charge in [-0.3, -0.25) is 4.79 Å². The monoisotopic (exact) mass is 302 g/mol. The lowest BCUT2D eigenvalue weighted by molar-refractivity contribution is -0.203. The molecule has 4 fully saturated rings. The topological polar surface area (TPSA) is 63.6 Å². The number of esters is 1. The van der Waals surface area contributed by atoms with Gasteiger partial charge in [-0.1, -0.05) is 0 Å². The van der Waals surface area contributed by atoms with Crippen LogP contribution in [-0.2, 0) is 14.3 Å². The van der Waals surface area contributed by atoms with Crippen molar-refractivity contribution in [2.24, 2.45) is 23.2 Å².